The van der Waals surface area contributed by atoms with Crippen molar-refractivity contribution >= 4 is 50.0 Å². The maximum Gasteiger partial charge on any atom is 0.344 e. The quantitative estimate of drug-likeness (QED) is 0.226. The largest absolute Gasteiger partial charge is 0.423 e. The molecule has 0 aliphatic carbocycles. The molecule has 0 saturated carbocycles. The zero-order valence-corrected chi connectivity index (χ0v) is 17.6. The van der Waals surface area contributed by atoms with Crippen LogP contribution in [0.4, 0.5) is 0 Å². The van der Waals surface area contributed by atoms with Crippen LogP contribution in [0.3, 0.4) is 0 Å². The highest BCUT2D eigenvalue weighted by atomic mass is 79.9. The number of nitrogens with zero attached hydrogens (tertiary/aromatic N) is 1. The molecule has 140 valence electrons. The summed E-state index contributed by atoms with van der Waals surface area (Å²) in [6.45, 7) is 0. The predicted molar refractivity (Wildman–Crippen MR) is 115 cm³/mol. The smallest absolute Gasteiger partial charge is 0.344 e. The van der Waals surface area contributed by atoms with E-state index < -0.39 is 5.97 Å². The van der Waals surface area contributed by atoms with Crippen molar-refractivity contribution in [1.29, 1.82) is 0 Å². The fourth-order valence-corrected chi connectivity index (χ4v) is 3.12. The van der Waals surface area contributed by atoms with Gasteiger partial charge in [0, 0.05) is 14.5 Å². The van der Waals surface area contributed by atoms with Gasteiger partial charge in [0.25, 0.3) is 5.91 Å². The summed E-state index contributed by atoms with van der Waals surface area (Å²) < 4.78 is 6.85. The van der Waals surface area contributed by atoms with Crippen molar-refractivity contribution in [1.82, 2.24) is 5.43 Å². The molecule has 0 radical (unpaired) electrons. The number of benzene rings is 3. The average Bonchev–Trinajstić information content (AvgIpc) is 2.69. The molecule has 0 saturated heterocycles. The van der Waals surface area contributed by atoms with Crippen LogP contribution in [-0.2, 0) is 0 Å². The molecule has 1 N–H and O–H groups in total. The average molecular weight is 502 g/mol. The van der Waals surface area contributed by atoms with Crippen LogP contribution >= 0.6 is 31.9 Å². The summed E-state index contributed by atoms with van der Waals surface area (Å²) in [4.78, 5) is 24.2. The predicted octanol–water partition coefficient (Wildman–Crippen LogP) is 5.19. The minimum Gasteiger partial charge on any atom is -0.423 e. The van der Waals surface area contributed by atoms with Crippen LogP contribution in [0.15, 0.2) is 86.8 Å². The monoisotopic (exact) mass is 500 g/mol. The van der Waals surface area contributed by atoms with Gasteiger partial charge in [-0.25, -0.2) is 10.2 Å². The van der Waals surface area contributed by atoms with Gasteiger partial charge in [-0.1, -0.05) is 34.1 Å². The summed E-state index contributed by atoms with van der Waals surface area (Å²) in [6, 6.07) is 20.9. The number of ether oxygens (including phenoxy) is 1. The number of hydrogen-bond acceptors (Lipinski definition) is 4. The van der Waals surface area contributed by atoms with Crippen LogP contribution in [-0.4, -0.2) is 18.1 Å². The van der Waals surface area contributed by atoms with Crippen molar-refractivity contribution in [3.8, 4) is 5.75 Å². The molecule has 0 heterocycles. The van der Waals surface area contributed by atoms with Crippen LogP contribution < -0.4 is 10.2 Å². The normalized spacial score (nSPS) is 10.6. The number of amides is 1. The molecule has 1 amide bonds. The van der Waals surface area contributed by atoms with Gasteiger partial charge in [0.1, 0.15) is 5.75 Å². The molecule has 3 aromatic rings. The van der Waals surface area contributed by atoms with Crippen molar-refractivity contribution in [2.75, 3.05) is 0 Å². The summed E-state index contributed by atoms with van der Waals surface area (Å²) in [6.07, 6.45) is 1.51. The Morgan fingerprint density at radius 2 is 1.68 bits per heavy atom. The third-order valence-corrected chi connectivity index (χ3v) is 4.84. The van der Waals surface area contributed by atoms with Crippen LogP contribution in [0.25, 0.3) is 0 Å². The van der Waals surface area contributed by atoms with E-state index in [0.717, 1.165) is 10.0 Å². The molecule has 3 aromatic carbocycles. The number of halogens is 2. The number of nitrogens with one attached hydrogen (secondary N) is 1. The van der Waals surface area contributed by atoms with Crippen molar-refractivity contribution in [3.05, 3.63) is 98.4 Å². The lowest BCUT2D eigenvalue weighted by molar-refractivity contribution is 0.0733. The highest BCUT2D eigenvalue weighted by molar-refractivity contribution is 9.10. The SMILES string of the molecule is O=C(N/N=C\c1ccc(OC(=O)c2ccccc2Br)cc1)c1cccc(Br)c1. The van der Waals surface area contributed by atoms with Gasteiger partial charge >= 0.3 is 5.97 Å². The zero-order chi connectivity index (χ0) is 19.9. The third-order valence-electron chi connectivity index (χ3n) is 3.65. The number of esters is 1. The summed E-state index contributed by atoms with van der Waals surface area (Å²) in [5.74, 6) is -0.345. The van der Waals surface area contributed by atoms with Gasteiger partial charge in [-0.15, -0.1) is 0 Å². The number of hydrazone groups is 1. The number of hydrogen-bond donors (Lipinski definition) is 1. The molecule has 0 atom stereocenters. The maximum atomic E-state index is 12.2. The molecule has 5 nitrogen and oxygen atoms in total. The van der Waals surface area contributed by atoms with E-state index >= 15 is 0 Å². The molecule has 0 aliphatic rings. The molecule has 0 fully saturated rings. The summed E-state index contributed by atoms with van der Waals surface area (Å²) in [5, 5.41) is 3.94. The summed E-state index contributed by atoms with van der Waals surface area (Å²) >= 11 is 6.65. The molecular weight excluding hydrogens is 488 g/mol. The minimum atomic E-state index is -0.449. The van der Waals surface area contributed by atoms with E-state index in [-0.39, 0.29) is 5.91 Å². The highest BCUT2D eigenvalue weighted by Crippen LogP contribution is 2.19. The standard InChI is InChI=1S/C21H14Br2N2O3/c22-16-5-3-4-15(12-16)20(26)25-24-13-14-8-10-17(11-9-14)28-21(27)18-6-1-2-7-19(18)23/h1-13H,(H,25,26)/b24-13-. The van der Waals surface area contributed by atoms with E-state index in [2.05, 4.69) is 42.4 Å². The molecule has 3 rings (SSSR count). The van der Waals surface area contributed by atoms with Crippen LogP contribution in [0.1, 0.15) is 26.3 Å². The van der Waals surface area contributed by atoms with Crippen molar-refractivity contribution in [2.24, 2.45) is 5.10 Å². The lowest BCUT2D eigenvalue weighted by Gasteiger charge is -2.06. The second-order valence-electron chi connectivity index (χ2n) is 5.65. The lowest BCUT2D eigenvalue weighted by Crippen LogP contribution is -2.17. The van der Waals surface area contributed by atoms with Crippen molar-refractivity contribution in [2.45, 2.75) is 0 Å². The Hall–Kier alpha value is -2.77. The Bertz CT molecular complexity index is 1030. The Morgan fingerprint density at radius 1 is 0.929 bits per heavy atom. The van der Waals surface area contributed by atoms with E-state index in [0.29, 0.717) is 21.3 Å². The molecule has 0 aromatic heterocycles. The minimum absolute atomic E-state index is 0.309. The second-order valence-corrected chi connectivity index (χ2v) is 7.42. The topological polar surface area (TPSA) is 67.8 Å². The molecular formula is C21H14Br2N2O3. The first-order valence-electron chi connectivity index (χ1n) is 8.19. The third kappa shape index (κ3) is 5.37. The fourth-order valence-electron chi connectivity index (χ4n) is 2.27. The van der Waals surface area contributed by atoms with Gasteiger partial charge in [0.2, 0.25) is 0 Å². The lowest BCUT2D eigenvalue weighted by atomic mass is 10.2. The zero-order valence-electron chi connectivity index (χ0n) is 14.4. The molecule has 0 unspecified atom stereocenters. The number of rotatable bonds is 5. The Balaban J connectivity index is 1.58. The first-order valence-corrected chi connectivity index (χ1v) is 9.77. The number of carbonyl (C=O) groups excluding carboxylic acids is 2. The Kier molecular flexibility index (Phi) is 6.73. The molecule has 0 bridgehead atoms. The van der Waals surface area contributed by atoms with Gasteiger partial charge in [-0.2, -0.15) is 5.10 Å². The van der Waals surface area contributed by atoms with E-state index in [9.17, 15) is 9.59 Å². The molecule has 0 spiro atoms. The van der Waals surface area contributed by atoms with E-state index in [1.165, 1.54) is 6.21 Å². The fraction of sp³-hybridized carbons (Fsp3) is 0. The first-order chi connectivity index (χ1) is 13.5. The van der Waals surface area contributed by atoms with Gasteiger partial charge in [0.05, 0.1) is 11.8 Å². The van der Waals surface area contributed by atoms with Crippen LogP contribution in [0.5, 0.6) is 5.75 Å². The molecule has 28 heavy (non-hydrogen) atoms. The van der Waals surface area contributed by atoms with Crippen LogP contribution in [0.2, 0.25) is 0 Å². The van der Waals surface area contributed by atoms with Gasteiger partial charge in [-0.3, -0.25) is 4.79 Å². The molecule has 7 heteroatoms. The summed E-state index contributed by atoms with van der Waals surface area (Å²) in [7, 11) is 0. The number of carbonyl (C=O) groups is 2. The van der Waals surface area contributed by atoms with Gasteiger partial charge in [0.15, 0.2) is 0 Å². The second kappa shape index (κ2) is 9.43. The van der Waals surface area contributed by atoms with Gasteiger partial charge in [-0.05, 0) is 76.1 Å². The Labute approximate surface area is 178 Å². The van der Waals surface area contributed by atoms with Crippen molar-refractivity contribution < 1.29 is 14.3 Å². The van der Waals surface area contributed by atoms with E-state index in [4.69, 9.17) is 4.74 Å². The highest BCUT2D eigenvalue weighted by Gasteiger charge is 2.11. The van der Waals surface area contributed by atoms with Crippen molar-refractivity contribution in [3.63, 3.8) is 0 Å². The maximum absolute atomic E-state index is 12.2. The Morgan fingerprint density at radius 3 is 2.39 bits per heavy atom. The first kappa shape index (κ1) is 20.0. The van der Waals surface area contributed by atoms with E-state index in [1.54, 1.807) is 60.7 Å². The summed E-state index contributed by atoms with van der Waals surface area (Å²) in [5.41, 5.74) is 4.16. The molecule has 0 aliphatic heterocycles. The van der Waals surface area contributed by atoms with Crippen LogP contribution in [0, 0.1) is 0 Å². The van der Waals surface area contributed by atoms with E-state index in [1.807, 2.05) is 12.1 Å². The van der Waals surface area contributed by atoms with Gasteiger partial charge < -0.3 is 4.74 Å².